The number of H-pyrrole nitrogens is 1. The first-order valence-corrected chi connectivity index (χ1v) is 16.4. The van der Waals surface area contributed by atoms with Crippen LogP contribution in [0.4, 0.5) is 0 Å². The summed E-state index contributed by atoms with van der Waals surface area (Å²) in [5.74, 6) is 1.16. The van der Waals surface area contributed by atoms with Crippen molar-refractivity contribution < 1.29 is 23.7 Å². The van der Waals surface area contributed by atoms with Gasteiger partial charge in [-0.25, -0.2) is 9.79 Å². The molecule has 0 unspecified atom stereocenters. The molecule has 0 radical (unpaired) electrons. The van der Waals surface area contributed by atoms with Gasteiger partial charge in [0.05, 0.1) is 60.5 Å². The average molecular weight is 703 g/mol. The molecule has 0 fully saturated rings. The highest BCUT2D eigenvalue weighted by atomic mass is 79.9. The maximum atomic E-state index is 14.5. The van der Waals surface area contributed by atoms with Crippen molar-refractivity contribution in [3.05, 3.63) is 107 Å². The van der Waals surface area contributed by atoms with Crippen LogP contribution in [0.1, 0.15) is 37.9 Å². The van der Waals surface area contributed by atoms with Crippen LogP contribution in [0.3, 0.4) is 0 Å². The molecule has 1 aliphatic heterocycles. The molecule has 0 saturated heterocycles. The van der Waals surface area contributed by atoms with Crippen molar-refractivity contribution in [1.82, 2.24) is 9.55 Å². The van der Waals surface area contributed by atoms with Crippen molar-refractivity contribution in [1.29, 1.82) is 0 Å². The predicted octanol–water partition coefficient (Wildman–Crippen LogP) is 6.13. The molecule has 11 heteroatoms. The Balaban J connectivity index is 1.63. The Kier molecular flexibility index (Phi) is 8.88. The molecule has 0 aliphatic carbocycles. The monoisotopic (exact) mass is 701 g/mol. The minimum Gasteiger partial charge on any atom is -0.495 e. The van der Waals surface area contributed by atoms with Crippen LogP contribution in [0.15, 0.2) is 86.2 Å². The number of ether oxygens (including phenoxy) is 4. The van der Waals surface area contributed by atoms with Gasteiger partial charge < -0.3 is 23.9 Å². The number of rotatable bonds is 9. The molecule has 0 saturated carbocycles. The molecule has 9 nitrogen and oxygen atoms in total. The number of hydrogen-bond donors (Lipinski definition) is 1. The Morgan fingerprint density at radius 3 is 2.48 bits per heavy atom. The topological polar surface area (TPSA) is 104 Å². The normalized spacial score (nSPS) is 14.7. The predicted molar refractivity (Wildman–Crippen MR) is 183 cm³/mol. The van der Waals surface area contributed by atoms with E-state index in [2.05, 4.69) is 20.9 Å². The van der Waals surface area contributed by atoms with Crippen molar-refractivity contribution in [3.63, 3.8) is 0 Å². The van der Waals surface area contributed by atoms with E-state index in [1.165, 1.54) is 11.3 Å². The highest BCUT2D eigenvalue weighted by Gasteiger charge is 2.35. The Hall–Kier alpha value is -4.61. The molecule has 0 bridgehead atoms. The third kappa shape index (κ3) is 5.43. The zero-order valence-electron chi connectivity index (χ0n) is 26.0. The summed E-state index contributed by atoms with van der Waals surface area (Å²) in [5, 5.41) is 0.906. The fraction of sp³-hybridized carbons (Fsp3) is 0.229. The van der Waals surface area contributed by atoms with Crippen LogP contribution in [-0.4, -0.2) is 43.0 Å². The molecular formula is C35H32BrN3O6S. The van der Waals surface area contributed by atoms with Crippen molar-refractivity contribution in [3.8, 4) is 28.5 Å². The van der Waals surface area contributed by atoms with E-state index in [9.17, 15) is 9.59 Å². The highest BCUT2D eigenvalue weighted by Crippen LogP contribution is 2.41. The van der Waals surface area contributed by atoms with Gasteiger partial charge in [0.2, 0.25) is 0 Å². The lowest BCUT2D eigenvalue weighted by atomic mass is 9.95. The summed E-state index contributed by atoms with van der Waals surface area (Å²) < 4.78 is 25.2. The van der Waals surface area contributed by atoms with Crippen LogP contribution in [0.2, 0.25) is 0 Å². The van der Waals surface area contributed by atoms with E-state index in [-0.39, 0.29) is 17.7 Å². The summed E-state index contributed by atoms with van der Waals surface area (Å²) in [4.78, 5) is 36.7. The molecule has 46 heavy (non-hydrogen) atoms. The Labute approximate surface area is 277 Å². The van der Waals surface area contributed by atoms with Crippen LogP contribution in [0.5, 0.6) is 17.2 Å². The van der Waals surface area contributed by atoms with Crippen LogP contribution in [0.25, 0.3) is 28.2 Å². The van der Waals surface area contributed by atoms with Crippen molar-refractivity contribution >= 4 is 50.2 Å². The van der Waals surface area contributed by atoms with Crippen LogP contribution >= 0.6 is 27.3 Å². The summed E-state index contributed by atoms with van der Waals surface area (Å²) in [7, 11) is 3.18. The van der Waals surface area contributed by atoms with Crippen molar-refractivity contribution in [2.75, 3.05) is 27.4 Å². The fourth-order valence-corrected chi connectivity index (χ4v) is 7.34. The number of benzene rings is 3. The van der Waals surface area contributed by atoms with Gasteiger partial charge in [-0.15, -0.1) is 0 Å². The first-order valence-electron chi connectivity index (χ1n) is 14.7. The number of hydrogen-bond acceptors (Lipinski definition) is 8. The molecule has 0 amide bonds. The molecule has 1 N–H and O–H groups in total. The van der Waals surface area contributed by atoms with Gasteiger partial charge in [0, 0.05) is 15.4 Å². The summed E-state index contributed by atoms with van der Waals surface area (Å²) >= 11 is 4.95. The molecule has 3 aromatic carbocycles. The maximum Gasteiger partial charge on any atom is 0.338 e. The number of halogens is 1. The van der Waals surface area contributed by atoms with Gasteiger partial charge in [-0.2, -0.15) is 0 Å². The smallest absolute Gasteiger partial charge is 0.338 e. The number of nitrogens with one attached hydrogen (secondary N) is 1. The zero-order chi connectivity index (χ0) is 32.5. The van der Waals surface area contributed by atoms with E-state index in [4.69, 9.17) is 23.9 Å². The highest BCUT2D eigenvalue weighted by molar-refractivity contribution is 9.10. The number of aromatic nitrogens is 2. The molecule has 2 aromatic heterocycles. The number of allylic oxidation sites excluding steroid dienone is 1. The fourth-order valence-electron chi connectivity index (χ4n) is 5.77. The lowest BCUT2D eigenvalue weighted by Crippen LogP contribution is -2.40. The number of thiazole rings is 1. The molecule has 3 heterocycles. The Bertz CT molecular complexity index is 2180. The SMILES string of the molecule is CCOC(=O)C1=C(C)N=c2s/c(=C/c3c(-c4ccccc4)[nH]c4c(OC)cccc34)c(=O)n2[C@H]1c1cc(OC)c(OCC)cc1Br. The molecular weight excluding hydrogens is 670 g/mol. The van der Waals surface area contributed by atoms with E-state index < -0.39 is 12.0 Å². The largest absolute Gasteiger partial charge is 0.495 e. The number of para-hydroxylation sites is 1. The molecule has 1 aliphatic rings. The quantitative estimate of drug-likeness (QED) is 0.186. The second-order valence-corrected chi connectivity index (χ2v) is 12.3. The third-order valence-corrected chi connectivity index (χ3v) is 9.46. The Morgan fingerprint density at radius 1 is 1.02 bits per heavy atom. The lowest BCUT2D eigenvalue weighted by molar-refractivity contribution is -0.139. The molecule has 1 atom stereocenters. The summed E-state index contributed by atoms with van der Waals surface area (Å²) in [6.45, 7) is 6.00. The number of methoxy groups -OCH3 is 2. The van der Waals surface area contributed by atoms with Gasteiger partial charge in [-0.1, -0.05) is 69.7 Å². The minimum atomic E-state index is -0.840. The summed E-state index contributed by atoms with van der Waals surface area (Å²) in [6.07, 6.45) is 1.89. The first kappa shape index (κ1) is 31.4. The van der Waals surface area contributed by atoms with Gasteiger partial charge in [0.25, 0.3) is 5.56 Å². The number of carbonyl (C=O) groups is 1. The summed E-state index contributed by atoms with van der Waals surface area (Å²) in [5.41, 5.74) is 4.56. The van der Waals surface area contributed by atoms with Crippen molar-refractivity contribution in [2.24, 2.45) is 4.99 Å². The molecule has 0 spiro atoms. The summed E-state index contributed by atoms with van der Waals surface area (Å²) in [6, 6.07) is 18.5. The standard InChI is InChI=1S/C35H32BrN3O6S/c1-6-44-27-18-24(36)23(16-26(27)43-5)32-29(34(41)45-7-2)19(3)37-35-39(32)33(40)28(46-35)17-22-21-14-11-15-25(42-4)31(21)38-30(22)20-12-9-8-10-13-20/h8-18,32,38H,6-7H2,1-5H3/b28-17+/t32-/m0/s1. The third-order valence-electron chi connectivity index (χ3n) is 7.79. The van der Waals surface area contributed by atoms with E-state index in [0.29, 0.717) is 48.9 Å². The number of fused-ring (bicyclic) bond motifs is 2. The molecule has 236 valence electrons. The number of carbonyl (C=O) groups excluding carboxylic acids is 1. The van der Waals surface area contributed by atoms with Gasteiger partial charge >= 0.3 is 5.97 Å². The van der Waals surface area contributed by atoms with Crippen LogP contribution < -0.4 is 29.1 Å². The second-order valence-electron chi connectivity index (χ2n) is 10.4. The van der Waals surface area contributed by atoms with Gasteiger partial charge in [0.1, 0.15) is 5.75 Å². The number of aromatic amines is 1. The van der Waals surface area contributed by atoms with Crippen molar-refractivity contribution in [2.45, 2.75) is 26.8 Å². The van der Waals surface area contributed by atoms with E-state index in [1.807, 2.05) is 61.5 Å². The zero-order valence-corrected chi connectivity index (χ0v) is 28.4. The molecule has 6 rings (SSSR count). The van der Waals surface area contributed by atoms with Gasteiger partial charge in [0.15, 0.2) is 16.3 Å². The number of nitrogens with zero attached hydrogens (tertiary/aromatic N) is 2. The number of esters is 1. The second kappa shape index (κ2) is 13.0. The van der Waals surface area contributed by atoms with Crippen LogP contribution in [-0.2, 0) is 9.53 Å². The van der Waals surface area contributed by atoms with Gasteiger partial charge in [-0.05, 0) is 56.2 Å². The lowest BCUT2D eigenvalue weighted by Gasteiger charge is -2.26. The Morgan fingerprint density at radius 2 is 1.78 bits per heavy atom. The van der Waals surface area contributed by atoms with Crippen LogP contribution in [0, 0.1) is 0 Å². The average Bonchev–Trinajstić information content (AvgIpc) is 3.58. The minimum absolute atomic E-state index is 0.173. The molecule has 5 aromatic rings. The van der Waals surface area contributed by atoms with Gasteiger partial charge in [-0.3, -0.25) is 9.36 Å². The van der Waals surface area contributed by atoms with E-state index >= 15 is 0 Å². The van der Waals surface area contributed by atoms with E-state index in [1.54, 1.807) is 44.8 Å². The first-order chi connectivity index (χ1) is 22.3. The van der Waals surface area contributed by atoms with E-state index in [0.717, 1.165) is 27.7 Å². The maximum absolute atomic E-state index is 14.5.